The van der Waals surface area contributed by atoms with E-state index in [2.05, 4.69) is 35.6 Å². The Labute approximate surface area is 85.2 Å². The van der Waals surface area contributed by atoms with Crippen LogP contribution in [0.1, 0.15) is 27.2 Å². The van der Waals surface area contributed by atoms with E-state index in [4.69, 9.17) is 5.73 Å². The topological polar surface area (TPSA) is 55.0 Å². The van der Waals surface area contributed by atoms with Gasteiger partial charge >= 0.3 is 0 Å². The van der Waals surface area contributed by atoms with Crippen molar-refractivity contribution in [3.63, 3.8) is 0 Å². The molecule has 14 heavy (non-hydrogen) atoms. The standard InChI is InChI=1S/C10H18N4/c1-5-10(2,3)14(4)8-6-7-12-9(11)13-8/h6-7H,5H2,1-4H3,(H2,11,12,13). The summed E-state index contributed by atoms with van der Waals surface area (Å²) in [6, 6.07) is 1.87. The summed E-state index contributed by atoms with van der Waals surface area (Å²) >= 11 is 0. The van der Waals surface area contributed by atoms with Gasteiger partial charge < -0.3 is 10.6 Å². The lowest BCUT2D eigenvalue weighted by Gasteiger charge is -2.35. The molecule has 2 N–H and O–H groups in total. The molecule has 0 amide bonds. The molecule has 0 aliphatic carbocycles. The van der Waals surface area contributed by atoms with Gasteiger partial charge in [0.15, 0.2) is 0 Å². The largest absolute Gasteiger partial charge is 0.368 e. The minimum Gasteiger partial charge on any atom is -0.368 e. The third-order valence-corrected chi connectivity index (χ3v) is 2.78. The van der Waals surface area contributed by atoms with Gasteiger partial charge in [0.05, 0.1) is 0 Å². The molecular formula is C10H18N4. The first-order valence-electron chi connectivity index (χ1n) is 4.79. The number of anilines is 2. The van der Waals surface area contributed by atoms with Crippen LogP contribution in [0, 0.1) is 0 Å². The lowest BCUT2D eigenvalue weighted by Crippen LogP contribution is -2.41. The van der Waals surface area contributed by atoms with E-state index in [0.717, 1.165) is 12.2 Å². The summed E-state index contributed by atoms with van der Waals surface area (Å²) in [4.78, 5) is 10.2. The molecule has 0 bridgehead atoms. The predicted octanol–water partition coefficient (Wildman–Crippen LogP) is 1.68. The first kappa shape index (κ1) is 10.8. The second kappa shape index (κ2) is 3.82. The molecule has 0 fully saturated rings. The summed E-state index contributed by atoms with van der Waals surface area (Å²) in [5.74, 6) is 1.19. The van der Waals surface area contributed by atoms with Crippen LogP contribution in [0.2, 0.25) is 0 Å². The third kappa shape index (κ3) is 2.13. The van der Waals surface area contributed by atoms with Crippen LogP contribution in [0.25, 0.3) is 0 Å². The maximum absolute atomic E-state index is 5.53. The van der Waals surface area contributed by atoms with E-state index >= 15 is 0 Å². The number of nitrogens with two attached hydrogens (primary N) is 1. The zero-order valence-corrected chi connectivity index (χ0v) is 9.28. The second-order valence-electron chi connectivity index (χ2n) is 4.00. The van der Waals surface area contributed by atoms with Crippen LogP contribution < -0.4 is 10.6 Å². The third-order valence-electron chi connectivity index (χ3n) is 2.78. The summed E-state index contributed by atoms with van der Waals surface area (Å²) in [5.41, 5.74) is 5.62. The van der Waals surface area contributed by atoms with Crippen molar-refractivity contribution < 1.29 is 0 Å². The molecule has 0 saturated heterocycles. The fourth-order valence-electron chi connectivity index (χ4n) is 1.10. The van der Waals surface area contributed by atoms with Gasteiger partial charge in [-0.25, -0.2) is 4.98 Å². The molecule has 1 aromatic heterocycles. The smallest absolute Gasteiger partial charge is 0.221 e. The summed E-state index contributed by atoms with van der Waals surface area (Å²) in [6.07, 6.45) is 2.73. The molecule has 78 valence electrons. The highest BCUT2D eigenvalue weighted by atomic mass is 15.2. The molecule has 1 aromatic rings. The highest BCUT2D eigenvalue weighted by molar-refractivity contribution is 5.42. The van der Waals surface area contributed by atoms with E-state index < -0.39 is 0 Å². The molecule has 0 aromatic carbocycles. The average Bonchev–Trinajstić information content (AvgIpc) is 2.16. The van der Waals surface area contributed by atoms with E-state index in [1.807, 2.05) is 13.1 Å². The summed E-state index contributed by atoms with van der Waals surface area (Å²) in [6.45, 7) is 6.50. The van der Waals surface area contributed by atoms with Crippen molar-refractivity contribution in [1.82, 2.24) is 9.97 Å². The fraction of sp³-hybridized carbons (Fsp3) is 0.600. The van der Waals surface area contributed by atoms with Gasteiger partial charge in [0, 0.05) is 18.8 Å². The summed E-state index contributed by atoms with van der Waals surface area (Å²) in [5, 5.41) is 0. The number of nitrogens with zero attached hydrogens (tertiary/aromatic N) is 3. The van der Waals surface area contributed by atoms with Gasteiger partial charge in [-0.05, 0) is 26.3 Å². The number of hydrogen-bond acceptors (Lipinski definition) is 4. The Bertz CT molecular complexity index is 309. The van der Waals surface area contributed by atoms with Crippen molar-refractivity contribution in [2.75, 3.05) is 17.7 Å². The van der Waals surface area contributed by atoms with Gasteiger partial charge in [-0.3, -0.25) is 0 Å². The lowest BCUT2D eigenvalue weighted by molar-refractivity contribution is 0.467. The Balaban J connectivity index is 2.94. The van der Waals surface area contributed by atoms with Crippen LogP contribution in [-0.4, -0.2) is 22.6 Å². The Hall–Kier alpha value is -1.32. The normalized spacial score (nSPS) is 11.4. The zero-order valence-electron chi connectivity index (χ0n) is 9.28. The Morgan fingerprint density at radius 3 is 2.64 bits per heavy atom. The van der Waals surface area contributed by atoms with Crippen molar-refractivity contribution in [3.8, 4) is 0 Å². The van der Waals surface area contributed by atoms with Crippen LogP contribution in [0.3, 0.4) is 0 Å². The molecule has 0 aliphatic rings. The summed E-state index contributed by atoms with van der Waals surface area (Å²) in [7, 11) is 2.02. The van der Waals surface area contributed by atoms with Crippen molar-refractivity contribution in [3.05, 3.63) is 12.3 Å². The van der Waals surface area contributed by atoms with Crippen LogP contribution in [0.4, 0.5) is 11.8 Å². The van der Waals surface area contributed by atoms with Crippen molar-refractivity contribution in [2.24, 2.45) is 0 Å². The van der Waals surface area contributed by atoms with Gasteiger partial charge in [-0.15, -0.1) is 0 Å². The molecule has 1 heterocycles. The number of rotatable bonds is 3. The Morgan fingerprint density at radius 2 is 2.14 bits per heavy atom. The fourth-order valence-corrected chi connectivity index (χ4v) is 1.10. The maximum Gasteiger partial charge on any atom is 0.221 e. The number of nitrogen functional groups attached to an aromatic ring is 1. The van der Waals surface area contributed by atoms with Gasteiger partial charge in [-0.2, -0.15) is 4.98 Å². The van der Waals surface area contributed by atoms with E-state index in [-0.39, 0.29) is 5.54 Å². The first-order valence-corrected chi connectivity index (χ1v) is 4.79. The number of hydrogen-bond donors (Lipinski definition) is 1. The predicted molar refractivity (Wildman–Crippen MR) is 59.2 cm³/mol. The monoisotopic (exact) mass is 194 g/mol. The first-order chi connectivity index (χ1) is 6.47. The van der Waals surface area contributed by atoms with Gasteiger partial charge in [0.25, 0.3) is 0 Å². The highest BCUT2D eigenvalue weighted by Crippen LogP contribution is 2.22. The second-order valence-corrected chi connectivity index (χ2v) is 4.00. The molecule has 0 spiro atoms. The average molecular weight is 194 g/mol. The minimum atomic E-state index is 0.0841. The van der Waals surface area contributed by atoms with Crippen LogP contribution in [0.5, 0.6) is 0 Å². The molecule has 0 unspecified atom stereocenters. The highest BCUT2D eigenvalue weighted by Gasteiger charge is 2.22. The molecular weight excluding hydrogens is 176 g/mol. The zero-order chi connectivity index (χ0) is 10.8. The summed E-state index contributed by atoms with van der Waals surface area (Å²) < 4.78 is 0. The van der Waals surface area contributed by atoms with Crippen molar-refractivity contribution in [1.29, 1.82) is 0 Å². The molecule has 4 heteroatoms. The van der Waals surface area contributed by atoms with Crippen LogP contribution in [0.15, 0.2) is 12.3 Å². The Kier molecular flexibility index (Phi) is 2.93. The molecule has 4 nitrogen and oxygen atoms in total. The molecule has 0 atom stereocenters. The molecule has 0 radical (unpaired) electrons. The van der Waals surface area contributed by atoms with Crippen LogP contribution in [-0.2, 0) is 0 Å². The number of aromatic nitrogens is 2. The molecule has 1 rings (SSSR count). The van der Waals surface area contributed by atoms with Crippen molar-refractivity contribution >= 4 is 11.8 Å². The van der Waals surface area contributed by atoms with E-state index in [1.165, 1.54) is 0 Å². The van der Waals surface area contributed by atoms with E-state index in [0.29, 0.717) is 5.95 Å². The van der Waals surface area contributed by atoms with Crippen molar-refractivity contribution in [2.45, 2.75) is 32.7 Å². The minimum absolute atomic E-state index is 0.0841. The lowest BCUT2D eigenvalue weighted by atomic mass is 10.0. The van der Waals surface area contributed by atoms with Gasteiger partial charge in [0.2, 0.25) is 5.95 Å². The van der Waals surface area contributed by atoms with E-state index in [9.17, 15) is 0 Å². The molecule has 0 aliphatic heterocycles. The maximum atomic E-state index is 5.53. The van der Waals surface area contributed by atoms with Gasteiger partial charge in [0.1, 0.15) is 5.82 Å². The SMILES string of the molecule is CCC(C)(C)N(C)c1ccnc(N)n1. The Morgan fingerprint density at radius 1 is 1.50 bits per heavy atom. The quantitative estimate of drug-likeness (QED) is 0.795. The molecule has 0 saturated carbocycles. The van der Waals surface area contributed by atoms with Gasteiger partial charge in [-0.1, -0.05) is 6.92 Å². The van der Waals surface area contributed by atoms with Crippen LogP contribution >= 0.6 is 0 Å². The van der Waals surface area contributed by atoms with E-state index in [1.54, 1.807) is 6.20 Å².